The summed E-state index contributed by atoms with van der Waals surface area (Å²) >= 11 is 3.48. The Morgan fingerprint density at radius 3 is 2.77 bits per heavy atom. The molecule has 0 spiro atoms. The van der Waals surface area contributed by atoms with E-state index < -0.39 is 5.60 Å². The van der Waals surface area contributed by atoms with E-state index in [4.69, 9.17) is 4.74 Å². The largest absolute Gasteiger partial charge is 0.444 e. The number of hydrazone groups is 1. The summed E-state index contributed by atoms with van der Waals surface area (Å²) < 4.78 is 8.41. The molecular formula is C16H25BrN3O2+. The number of carbonyl (C=O) groups is 1. The van der Waals surface area contributed by atoms with Gasteiger partial charge >= 0.3 is 6.09 Å². The zero-order valence-corrected chi connectivity index (χ0v) is 15.4. The molecule has 6 heteroatoms. The molecular weight excluding hydrogens is 346 g/mol. The number of allylic oxidation sites excluding steroid dienone is 2. The third kappa shape index (κ3) is 4.66. The second-order valence-electron chi connectivity index (χ2n) is 6.83. The van der Waals surface area contributed by atoms with Gasteiger partial charge in [0.25, 0.3) is 0 Å². The van der Waals surface area contributed by atoms with Crippen LogP contribution in [-0.2, 0) is 4.74 Å². The summed E-state index contributed by atoms with van der Waals surface area (Å²) in [5, 5.41) is 4.35. The highest BCUT2D eigenvalue weighted by Gasteiger charge is 2.27. The highest BCUT2D eigenvalue weighted by molar-refractivity contribution is 9.12. The van der Waals surface area contributed by atoms with Crippen LogP contribution < -0.4 is 0 Å². The lowest BCUT2D eigenvalue weighted by Crippen LogP contribution is -2.37. The first kappa shape index (κ1) is 17.2. The Bertz CT molecular complexity index is 532. The van der Waals surface area contributed by atoms with Crippen LogP contribution in [0.2, 0.25) is 0 Å². The molecule has 0 aromatic heterocycles. The average Bonchev–Trinajstić information content (AvgIpc) is 2.64. The van der Waals surface area contributed by atoms with Crippen LogP contribution in [0.1, 0.15) is 47.0 Å². The fraction of sp³-hybridized carbons (Fsp3) is 0.688. The maximum absolute atomic E-state index is 12.2. The third-order valence-electron chi connectivity index (χ3n) is 3.76. The first-order valence-corrected chi connectivity index (χ1v) is 8.58. The number of hydrogen-bond donors (Lipinski definition) is 0. The van der Waals surface area contributed by atoms with Crippen molar-refractivity contribution >= 4 is 34.5 Å². The van der Waals surface area contributed by atoms with E-state index in [0.717, 1.165) is 42.5 Å². The van der Waals surface area contributed by atoms with E-state index in [-0.39, 0.29) is 6.09 Å². The van der Waals surface area contributed by atoms with Crippen molar-refractivity contribution in [2.24, 2.45) is 11.0 Å². The summed E-state index contributed by atoms with van der Waals surface area (Å²) in [7, 11) is 0. The van der Waals surface area contributed by atoms with Gasteiger partial charge in [-0.1, -0.05) is 4.68 Å². The van der Waals surface area contributed by atoms with Gasteiger partial charge in [0.15, 0.2) is 6.21 Å². The lowest BCUT2D eigenvalue weighted by molar-refractivity contribution is -0.474. The molecule has 1 atom stereocenters. The molecule has 122 valence electrons. The fourth-order valence-electron chi connectivity index (χ4n) is 2.53. The van der Waals surface area contributed by atoms with Crippen molar-refractivity contribution in [3.8, 4) is 0 Å². The molecule has 22 heavy (non-hydrogen) atoms. The predicted octanol–water partition coefficient (Wildman–Crippen LogP) is 3.73. The second kappa shape index (κ2) is 6.94. The zero-order valence-electron chi connectivity index (χ0n) is 13.8. The van der Waals surface area contributed by atoms with Crippen molar-refractivity contribution < 1.29 is 14.2 Å². The van der Waals surface area contributed by atoms with E-state index in [1.54, 1.807) is 0 Å². The molecule has 0 bridgehead atoms. The predicted molar refractivity (Wildman–Crippen MR) is 91.6 cm³/mol. The van der Waals surface area contributed by atoms with Crippen LogP contribution in [0.25, 0.3) is 0 Å². The van der Waals surface area contributed by atoms with Gasteiger partial charge in [-0.05, 0) is 61.1 Å². The Hall–Kier alpha value is -1.17. The summed E-state index contributed by atoms with van der Waals surface area (Å²) in [6, 6.07) is 0. The van der Waals surface area contributed by atoms with E-state index >= 15 is 0 Å². The number of amides is 1. The third-order valence-corrected chi connectivity index (χ3v) is 4.54. The molecule has 2 rings (SSSR count). The van der Waals surface area contributed by atoms with Crippen LogP contribution in [0.3, 0.4) is 0 Å². The van der Waals surface area contributed by atoms with Gasteiger partial charge in [-0.3, -0.25) is 0 Å². The van der Waals surface area contributed by atoms with Crippen molar-refractivity contribution in [2.75, 3.05) is 13.1 Å². The summed E-state index contributed by atoms with van der Waals surface area (Å²) in [5.41, 5.74) is 0.668. The van der Waals surface area contributed by atoms with Gasteiger partial charge in [0, 0.05) is 25.9 Å². The molecule has 0 saturated carbocycles. The number of hydrogen-bond acceptors (Lipinski definition) is 3. The molecule has 0 N–H and O–H groups in total. The average molecular weight is 371 g/mol. The molecule has 0 radical (unpaired) electrons. The van der Waals surface area contributed by atoms with E-state index in [1.165, 1.54) is 0 Å². The molecule has 1 amide bonds. The summed E-state index contributed by atoms with van der Waals surface area (Å²) in [6.45, 7) is 9.24. The van der Waals surface area contributed by atoms with Crippen molar-refractivity contribution in [2.45, 2.75) is 52.6 Å². The van der Waals surface area contributed by atoms with Crippen LogP contribution in [0.15, 0.2) is 15.3 Å². The molecule has 1 saturated heterocycles. The number of ether oxygens (including phenoxy) is 1. The quantitative estimate of drug-likeness (QED) is 0.660. The standard InChI is InChI=1S/C16H25BrN3O2/c1-12-14(17)10-18-20(12)11-13-6-5-8-19(9-7-13)15(21)22-16(2,3)4/h10-11,13H,5-9H2,1-4H3/q+1/b20-11+. The van der Waals surface area contributed by atoms with E-state index in [9.17, 15) is 4.79 Å². The van der Waals surface area contributed by atoms with Crippen LogP contribution in [0.5, 0.6) is 0 Å². The van der Waals surface area contributed by atoms with Crippen LogP contribution in [0.4, 0.5) is 4.79 Å². The smallest absolute Gasteiger partial charge is 0.410 e. The van der Waals surface area contributed by atoms with E-state index in [2.05, 4.69) is 27.2 Å². The number of likely N-dealkylation sites (tertiary alicyclic amines) is 1. The fourth-order valence-corrected chi connectivity index (χ4v) is 2.81. The van der Waals surface area contributed by atoms with Crippen LogP contribution >= 0.6 is 15.9 Å². The van der Waals surface area contributed by atoms with Crippen molar-refractivity contribution in [3.63, 3.8) is 0 Å². The maximum atomic E-state index is 12.2. The zero-order chi connectivity index (χ0) is 16.3. The van der Waals surface area contributed by atoms with Crippen LogP contribution in [-0.4, -0.2) is 46.8 Å². The number of nitrogens with zero attached hydrogens (tertiary/aromatic N) is 3. The van der Waals surface area contributed by atoms with Gasteiger partial charge in [0.2, 0.25) is 5.70 Å². The molecule has 0 aliphatic carbocycles. The highest BCUT2D eigenvalue weighted by Crippen LogP contribution is 2.21. The van der Waals surface area contributed by atoms with Gasteiger partial charge in [0.05, 0.1) is 0 Å². The van der Waals surface area contributed by atoms with E-state index in [1.807, 2.05) is 43.5 Å². The summed E-state index contributed by atoms with van der Waals surface area (Å²) in [6.07, 6.45) is 6.77. The van der Waals surface area contributed by atoms with Gasteiger partial charge in [-0.25, -0.2) is 4.79 Å². The molecule has 2 aliphatic rings. The molecule has 2 aliphatic heterocycles. The second-order valence-corrected chi connectivity index (χ2v) is 7.68. The lowest BCUT2D eigenvalue weighted by Gasteiger charge is -2.26. The van der Waals surface area contributed by atoms with Crippen molar-refractivity contribution in [1.29, 1.82) is 0 Å². The van der Waals surface area contributed by atoms with Crippen molar-refractivity contribution in [3.05, 3.63) is 10.2 Å². The topological polar surface area (TPSA) is 44.9 Å². The Balaban J connectivity index is 1.95. The maximum Gasteiger partial charge on any atom is 0.410 e. The monoisotopic (exact) mass is 370 g/mol. The molecule has 1 fully saturated rings. The van der Waals surface area contributed by atoms with Gasteiger partial charge < -0.3 is 9.64 Å². The van der Waals surface area contributed by atoms with E-state index in [0.29, 0.717) is 5.92 Å². The molecule has 5 nitrogen and oxygen atoms in total. The molecule has 0 aromatic carbocycles. The number of halogens is 1. The number of carbonyl (C=O) groups excluding carboxylic acids is 1. The summed E-state index contributed by atoms with van der Waals surface area (Å²) in [4.78, 5) is 14.0. The summed E-state index contributed by atoms with van der Waals surface area (Å²) in [5.74, 6) is 0.429. The highest BCUT2D eigenvalue weighted by atomic mass is 79.9. The Labute approximate surface area is 140 Å². The minimum atomic E-state index is -0.437. The van der Waals surface area contributed by atoms with Crippen LogP contribution in [0, 0.1) is 5.92 Å². The Morgan fingerprint density at radius 1 is 1.45 bits per heavy atom. The first-order valence-electron chi connectivity index (χ1n) is 7.79. The van der Waals surface area contributed by atoms with Gasteiger partial charge in [-0.2, -0.15) is 0 Å². The minimum absolute atomic E-state index is 0.203. The minimum Gasteiger partial charge on any atom is -0.444 e. The Morgan fingerprint density at radius 2 is 2.18 bits per heavy atom. The normalized spacial score (nSPS) is 24.9. The SMILES string of the molecule is CC1=C(Br)C=N/[N+]1=C/C1CCCN(C(=O)OC(C)(C)C)CC1. The molecule has 2 heterocycles. The lowest BCUT2D eigenvalue weighted by atomic mass is 10.0. The molecule has 1 unspecified atom stereocenters. The first-order chi connectivity index (χ1) is 10.3. The van der Waals surface area contributed by atoms with Crippen molar-refractivity contribution in [1.82, 2.24) is 4.90 Å². The molecule has 0 aromatic rings. The van der Waals surface area contributed by atoms with Gasteiger partial charge in [-0.15, -0.1) is 0 Å². The van der Waals surface area contributed by atoms with Gasteiger partial charge in [0.1, 0.15) is 16.3 Å². The number of rotatable bonds is 1. The Kier molecular flexibility index (Phi) is 5.42.